The smallest absolute Gasteiger partial charge is 0.255 e. The molecule has 0 fully saturated rings. The van der Waals surface area contributed by atoms with Crippen molar-refractivity contribution in [3.8, 4) is 0 Å². The second-order valence-corrected chi connectivity index (χ2v) is 5.00. The number of aliphatic hydroxyl groups is 1. The average Bonchev–Trinajstić information content (AvgIpc) is 2.51. The van der Waals surface area contributed by atoms with Crippen LogP contribution < -0.4 is 10.6 Å². The fourth-order valence-electron chi connectivity index (χ4n) is 2.04. The third kappa shape index (κ3) is 4.62. The predicted octanol–water partition coefficient (Wildman–Crippen LogP) is 2.57. The molecule has 0 aliphatic rings. The molecule has 0 saturated carbocycles. The highest BCUT2D eigenvalue weighted by atomic mass is 19.1. The third-order valence-corrected chi connectivity index (χ3v) is 3.15. The number of hydrogen-bond donors (Lipinski definition) is 3. The van der Waals surface area contributed by atoms with E-state index < -0.39 is 17.6 Å². The van der Waals surface area contributed by atoms with Crippen molar-refractivity contribution < 1.29 is 19.1 Å². The minimum absolute atomic E-state index is 0.0385. The molecule has 0 saturated heterocycles. The van der Waals surface area contributed by atoms with Crippen LogP contribution in [0.25, 0.3) is 0 Å². The summed E-state index contributed by atoms with van der Waals surface area (Å²) in [5, 5.41) is 13.9. The standard InChI is InChI=1S/C17H17FN2O3/c1-11(22)19-16-10-13(4-7-15(16)18)17(23)20-14-5-2-12(3-6-14)8-9-21/h2-7,10,21H,8-9H2,1H3,(H,19,22)(H,20,23). The van der Waals surface area contributed by atoms with Gasteiger partial charge in [0.05, 0.1) is 5.69 Å². The summed E-state index contributed by atoms with van der Waals surface area (Å²) in [6, 6.07) is 10.8. The molecule has 2 aromatic carbocycles. The molecule has 0 bridgehead atoms. The number of rotatable bonds is 5. The molecule has 0 aliphatic heterocycles. The fourth-order valence-corrected chi connectivity index (χ4v) is 2.04. The van der Waals surface area contributed by atoms with E-state index in [-0.39, 0.29) is 17.9 Å². The van der Waals surface area contributed by atoms with Gasteiger partial charge in [-0.3, -0.25) is 9.59 Å². The van der Waals surface area contributed by atoms with Crippen molar-refractivity contribution in [2.24, 2.45) is 0 Å². The van der Waals surface area contributed by atoms with Gasteiger partial charge in [-0.25, -0.2) is 4.39 Å². The highest BCUT2D eigenvalue weighted by Gasteiger charge is 2.11. The maximum absolute atomic E-state index is 13.6. The van der Waals surface area contributed by atoms with Gasteiger partial charge in [0.2, 0.25) is 5.91 Å². The van der Waals surface area contributed by atoms with Crippen LogP contribution in [0.3, 0.4) is 0 Å². The Labute approximate surface area is 133 Å². The number of aliphatic hydroxyl groups excluding tert-OH is 1. The van der Waals surface area contributed by atoms with E-state index in [1.54, 1.807) is 24.3 Å². The van der Waals surface area contributed by atoms with Crippen molar-refractivity contribution in [2.75, 3.05) is 17.2 Å². The second kappa shape index (κ2) is 7.51. The first-order valence-corrected chi connectivity index (χ1v) is 7.08. The minimum atomic E-state index is -0.606. The number of anilines is 2. The molecule has 3 N–H and O–H groups in total. The monoisotopic (exact) mass is 316 g/mol. The lowest BCUT2D eigenvalue weighted by Crippen LogP contribution is -2.14. The minimum Gasteiger partial charge on any atom is -0.396 e. The summed E-state index contributed by atoms with van der Waals surface area (Å²) >= 11 is 0. The van der Waals surface area contributed by atoms with E-state index in [4.69, 9.17) is 5.11 Å². The van der Waals surface area contributed by atoms with Crippen molar-refractivity contribution in [1.29, 1.82) is 0 Å². The largest absolute Gasteiger partial charge is 0.396 e. The average molecular weight is 316 g/mol. The molecule has 0 heterocycles. The number of carbonyl (C=O) groups excluding carboxylic acids is 2. The number of carbonyl (C=O) groups is 2. The van der Waals surface area contributed by atoms with Gasteiger partial charge in [-0.05, 0) is 42.3 Å². The summed E-state index contributed by atoms with van der Waals surface area (Å²) < 4.78 is 13.6. The molecule has 0 unspecified atom stereocenters. The van der Waals surface area contributed by atoms with Gasteiger partial charge >= 0.3 is 0 Å². The molecule has 2 rings (SSSR count). The zero-order valence-corrected chi connectivity index (χ0v) is 12.6. The first-order valence-electron chi connectivity index (χ1n) is 7.08. The topological polar surface area (TPSA) is 78.4 Å². The SMILES string of the molecule is CC(=O)Nc1cc(C(=O)Nc2ccc(CCO)cc2)ccc1F. The molecule has 6 heteroatoms. The Kier molecular flexibility index (Phi) is 5.43. The van der Waals surface area contributed by atoms with Gasteiger partial charge in [0.1, 0.15) is 5.82 Å². The molecule has 0 aromatic heterocycles. The number of hydrogen-bond acceptors (Lipinski definition) is 3. The number of nitrogens with one attached hydrogen (secondary N) is 2. The van der Waals surface area contributed by atoms with E-state index in [1.165, 1.54) is 19.1 Å². The molecule has 0 atom stereocenters. The van der Waals surface area contributed by atoms with Gasteiger partial charge in [-0.15, -0.1) is 0 Å². The lowest BCUT2D eigenvalue weighted by molar-refractivity contribution is -0.114. The molecule has 0 spiro atoms. The molecule has 0 aliphatic carbocycles. The lowest BCUT2D eigenvalue weighted by Gasteiger charge is -2.09. The Bertz CT molecular complexity index is 714. The van der Waals surface area contributed by atoms with Crippen molar-refractivity contribution >= 4 is 23.2 Å². The van der Waals surface area contributed by atoms with E-state index >= 15 is 0 Å². The number of benzene rings is 2. The molecular formula is C17H17FN2O3. The van der Waals surface area contributed by atoms with Crippen LogP contribution in [0.1, 0.15) is 22.8 Å². The van der Waals surface area contributed by atoms with Crippen LogP contribution >= 0.6 is 0 Å². The highest BCUT2D eigenvalue weighted by molar-refractivity contribution is 6.05. The number of amides is 2. The van der Waals surface area contributed by atoms with E-state index in [1.807, 2.05) is 0 Å². The van der Waals surface area contributed by atoms with Crippen LogP contribution in [0.2, 0.25) is 0 Å². The normalized spacial score (nSPS) is 10.2. The third-order valence-electron chi connectivity index (χ3n) is 3.15. The predicted molar refractivity (Wildman–Crippen MR) is 85.9 cm³/mol. The van der Waals surface area contributed by atoms with E-state index in [2.05, 4.69) is 10.6 Å². The maximum Gasteiger partial charge on any atom is 0.255 e. The first kappa shape index (κ1) is 16.6. The van der Waals surface area contributed by atoms with Crippen molar-refractivity contribution in [3.05, 3.63) is 59.4 Å². The molecule has 0 radical (unpaired) electrons. The van der Waals surface area contributed by atoms with Gasteiger partial charge in [0.25, 0.3) is 5.91 Å². The van der Waals surface area contributed by atoms with Crippen molar-refractivity contribution in [3.63, 3.8) is 0 Å². The van der Waals surface area contributed by atoms with Gasteiger partial charge in [0, 0.05) is 24.8 Å². The summed E-state index contributed by atoms with van der Waals surface area (Å²) in [5.74, 6) is -1.43. The first-order chi connectivity index (χ1) is 11.0. The van der Waals surface area contributed by atoms with Crippen LogP contribution in [-0.4, -0.2) is 23.5 Å². The van der Waals surface area contributed by atoms with Crippen LogP contribution in [0, 0.1) is 5.82 Å². The zero-order valence-electron chi connectivity index (χ0n) is 12.6. The Balaban J connectivity index is 2.12. The Morgan fingerprint density at radius 2 is 1.78 bits per heavy atom. The van der Waals surface area contributed by atoms with Gasteiger partial charge < -0.3 is 15.7 Å². The molecule has 120 valence electrons. The van der Waals surface area contributed by atoms with Crippen molar-refractivity contribution in [1.82, 2.24) is 0 Å². The van der Waals surface area contributed by atoms with Gasteiger partial charge in [-0.2, -0.15) is 0 Å². The van der Waals surface area contributed by atoms with Crippen LogP contribution in [0.4, 0.5) is 15.8 Å². The molecule has 5 nitrogen and oxygen atoms in total. The summed E-state index contributed by atoms with van der Waals surface area (Å²) in [6.07, 6.45) is 0.548. The van der Waals surface area contributed by atoms with E-state index in [0.29, 0.717) is 12.1 Å². The van der Waals surface area contributed by atoms with E-state index in [0.717, 1.165) is 11.6 Å². The fraction of sp³-hybridized carbons (Fsp3) is 0.176. The second-order valence-electron chi connectivity index (χ2n) is 5.00. The summed E-state index contributed by atoms with van der Waals surface area (Å²) in [5.41, 5.74) is 1.74. The zero-order chi connectivity index (χ0) is 16.8. The summed E-state index contributed by atoms with van der Waals surface area (Å²) in [6.45, 7) is 1.33. The van der Waals surface area contributed by atoms with Crippen LogP contribution in [0.15, 0.2) is 42.5 Å². The van der Waals surface area contributed by atoms with Gasteiger partial charge in [-0.1, -0.05) is 12.1 Å². The molecular weight excluding hydrogens is 299 g/mol. The maximum atomic E-state index is 13.6. The Hall–Kier alpha value is -2.73. The quantitative estimate of drug-likeness (QED) is 0.793. The summed E-state index contributed by atoms with van der Waals surface area (Å²) in [4.78, 5) is 23.2. The number of halogens is 1. The molecule has 2 amide bonds. The summed E-state index contributed by atoms with van der Waals surface area (Å²) in [7, 11) is 0. The lowest BCUT2D eigenvalue weighted by atomic mass is 10.1. The highest BCUT2D eigenvalue weighted by Crippen LogP contribution is 2.18. The molecule has 2 aromatic rings. The van der Waals surface area contributed by atoms with Gasteiger partial charge in [0.15, 0.2) is 0 Å². The molecule has 23 heavy (non-hydrogen) atoms. The van der Waals surface area contributed by atoms with Crippen molar-refractivity contribution in [2.45, 2.75) is 13.3 Å². The van der Waals surface area contributed by atoms with E-state index in [9.17, 15) is 14.0 Å². The Morgan fingerprint density at radius 1 is 1.09 bits per heavy atom. The van der Waals surface area contributed by atoms with Crippen LogP contribution in [-0.2, 0) is 11.2 Å². The van der Waals surface area contributed by atoms with Crippen LogP contribution in [0.5, 0.6) is 0 Å². The Morgan fingerprint density at radius 3 is 2.39 bits per heavy atom.